The van der Waals surface area contributed by atoms with Gasteiger partial charge in [0.2, 0.25) is 5.91 Å². The Morgan fingerprint density at radius 2 is 2.00 bits per heavy atom. The first-order chi connectivity index (χ1) is 7.68. The number of carbonyl (C=O) groups is 1. The summed E-state index contributed by atoms with van der Waals surface area (Å²) in [5, 5.41) is 3.07. The van der Waals surface area contributed by atoms with E-state index in [4.69, 9.17) is 23.2 Å². The second-order valence-corrected chi connectivity index (χ2v) is 5.03. The maximum Gasteiger partial charge on any atom is 0.237 e. The van der Waals surface area contributed by atoms with Gasteiger partial charge in [0.15, 0.2) is 0 Å². The van der Waals surface area contributed by atoms with Crippen LogP contribution < -0.4 is 0 Å². The Bertz CT molecular complexity index is 427. The van der Waals surface area contributed by atoms with Gasteiger partial charge < -0.3 is 4.90 Å². The Hall–Kier alpha value is -0.640. The highest BCUT2D eigenvalue weighted by atomic mass is 35.5. The maximum absolute atomic E-state index is 11.6. The van der Waals surface area contributed by atoms with E-state index in [0.29, 0.717) is 22.3 Å². The van der Waals surface area contributed by atoms with Gasteiger partial charge in [0.1, 0.15) is 0 Å². The van der Waals surface area contributed by atoms with Gasteiger partial charge in [-0.25, -0.2) is 0 Å². The fraction of sp³-hybridized carbons (Fsp3) is 0.182. The summed E-state index contributed by atoms with van der Waals surface area (Å²) in [7, 11) is 0. The van der Waals surface area contributed by atoms with Gasteiger partial charge in [-0.15, -0.1) is 11.8 Å². The number of hydrogen-bond acceptors (Lipinski definition) is 2. The van der Waals surface area contributed by atoms with E-state index in [-0.39, 0.29) is 5.91 Å². The standard InChI is InChI=1S/C11H9Cl2NOS/c12-9-2-1-3-10(13)8(9)6-14-4-5-16-7-11(14)15/h1-5H,6-7H2. The van der Waals surface area contributed by atoms with Crippen LogP contribution in [0.3, 0.4) is 0 Å². The molecule has 0 spiro atoms. The van der Waals surface area contributed by atoms with Crippen molar-refractivity contribution in [3.8, 4) is 0 Å². The zero-order valence-electron chi connectivity index (χ0n) is 8.32. The molecule has 1 aliphatic heterocycles. The molecule has 2 rings (SSSR count). The van der Waals surface area contributed by atoms with Crippen LogP contribution in [0.4, 0.5) is 0 Å². The average molecular weight is 274 g/mol. The molecule has 0 atom stereocenters. The molecule has 0 unspecified atom stereocenters. The summed E-state index contributed by atoms with van der Waals surface area (Å²) in [5.41, 5.74) is 0.788. The highest BCUT2D eigenvalue weighted by Crippen LogP contribution is 2.27. The molecular weight excluding hydrogens is 265 g/mol. The van der Waals surface area contributed by atoms with Crippen molar-refractivity contribution in [2.24, 2.45) is 0 Å². The monoisotopic (exact) mass is 273 g/mol. The fourth-order valence-electron chi connectivity index (χ4n) is 1.40. The van der Waals surface area contributed by atoms with Gasteiger partial charge in [-0.3, -0.25) is 4.79 Å². The van der Waals surface area contributed by atoms with E-state index < -0.39 is 0 Å². The van der Waals surface area contributed by atoms with E-state index in [9.17, 15) is 4.79 Å². The lowest BCUT2D eigenvalue weighted by molar-refractivity contribution is -0.126. The Labute approximate surface area is 108 Å². The molecule has 1 aromatic carbocycles. The van der Waals surface area contributed by atoms with Crippen molar-refractivity contribution >= 4 is 40.9 Å². The molecule has 1 aromatic rings. The summed E-state index contributed by atoms with van der Waals surface area (Å²) in [6.07, 6.45) is 1.76. The van der Waals surface area contributed by atoms with Gasteiger partial charge in [-0.2, -0.15) is 0 Å². The lowest BCUT2D eigenvalue weighted by Crippen LogP contribution is -2.28. The van der Waals surface area contributed by atoms with Crippen molar-refractivity contribution in [3.05, 3.63) is 45.4 Å². The van der Waals surface area contributed by atoms with Crippen LogP contribution in [-0.2, 0) is 11.3 Å². The van der Waals surface area contributed by atoms with Crippen molar-refractivity contribution < 1.29 is 4.79 Å². The first kappa shape index (κ1) is 11.8. The second-order valence-electron chi connectivity index (χ2n) is 3.32. The summed E-state index contributed by atoms with van der Waals surface area (Å²) in [4.78, 5) is 13.2. The van der Waals surface area contributed by atoms with Crippen LogP contribution in [0.2, 0.25) is 10.0 Å². The van der Waals surface area contributed by atoms with Gasteiger partial charge in [-0.1, -0.05) is 29.3 Å². The minimum absolute atomic E-state index is 0.0727. The van der Waals surface area contributed by atoms with Crippen molar-refractivity contribution in [2.75, 3.05) is 5.75 Å². The molecule has 0 aromatic heterocycles. The Morgan fingerprint density at radius 1 is 1.31 bits per heavy atom. The second kappa shape index (κ2) is 5.13. The molecule has 0 aliphatic carbocycles. The number of rotatable bonds is 2. The molecule has 0 radical (unpaired) electrons. The van der Waals surface area contributed by atoms with E-state index in [1.54, 1.807) is 29.3 Å². The van der Waals surface area contributed by atoms with Crippen LogP contribution in [0.15, 0.2) is 29.8 Å². The highest BCUT2D eigenvalue weighted by molar-refractivity contribution is 8.02. The summed E-state index contributed by atoms with van der Waals surface area (Å²) in [5.74, 6) is 0.543. The quantitative estimate of drug-likeness (QED) is 0.822. The summed E-state index contributed by atoms with van der Waals surface area (Å²) in [6.45, 7) is 0.425. The average Bonchev–Trinajstić information content (AvgIpc) is 2.26. The van der Waals surface area contributed by atoms with Gasteiger partial charge in [0.25, 0.3) is 0 Å². The van der Waals surface area contributed by atoms with Gasteiger partial charge in [-0.05, 0) is 17.5 Å². The third kappa shape index (κ3) is 2.54. The van der Waals surface area contributed by atoms with Crippen LogP contribution in [0, 0.1) is 0 Å². The molecule has 0 N–H and O–H groups in total. The molecule has 1 heterocycles. The van der Waals surface area contributed by atoms with Crippen LogP contribution in [-0.4, -0.2) is 16.6 Å². The number of hydrogen-bond donors (Lipinski definition) is 0. The van der Waals surface area contributed by atoms with Gasteiger partial charge in [0, 0.05) is 21.8 Å². The number of halogens is 2. The number of thioether (sulfide) groups is 1. The van der Waals surface area contributed by atoms with Gasteiger partial charge >= 0.3 is 0 Å². The van der Waals surface area contributed by atoms with E-state index in [1.807, 2.05) is 5.41 Å². The fourth-order valence-corrected chi connectivity index (χ4v) is 2.55. The number of carbonyl (C=O) groups excluding carboxylic acids is 1. The van der Waals surface area contributed by atoms with E-state index in [1.165, 1.54) is 11.8 Å². The summed E-state index contributed by atoms with van der Waals surface area (Å²) in [6, 6.07) is 5.34. The molecule has 84 valence electrons. The minimum atomic E-state index is 0.0727. The molecule has 0 fully saturated rings. The Balaban J connectivity index is 2.23. The van der Waals surface area contributed by atoms with Crippen molar-refractivity contribution in [3.63, 3.8) is 0 Å². The topological polar surface area (TPSA) is 20.3 Å². The predicted molar refractivity (Wildman–Crippen MR) is 68.6 cm³/mol. The first-order valence-electron chi connectivity index (χ1n) is 4.69. The zero-order valence-corrected chi connectivity index (χ0v) is 10.6. The Morgan fingerprint density at radius 3 is 2.62 bits per heavy atom. The number of benzene rings is 1. The molecule has 1 aliphatic rings. The van der Waals surface area contributed by atoms with Crippen LogP contribution in [0.5, 0.6) is 0 Å². The van der Waals surface area contributed by atoms with Crippen LogP contribution >= 0.6 is 35.0 Å². The lowest BCUT2D eigenvalue weighted by atomic mass is 10.2. The minimum Gasteiger partial charge on any atom is -0.313 e. The van der Waals surface area contributed by atoms with Gasteiger partial charge in [0.05, 0.1) is 12.3 Å². The zero-order chi connectivity index (χ0) is 11.5. The van der Waals surface area contributed by atoms with Crippen molar-refractivity contribution in [2.45, 2.75) is 6.54 Å². The normalized spacial score (nSPS) is 15.6. The van der Waals surface area contributed by atoms with Crippen LogP contribution in [0.1, 0.15) is 5.56 Å². The SMILES string of the molecule is O=C1CSC=CN1Cc1c(Cl)cccc1Cl. The largest absolute Gasteiger partial charge is 0.313 e. The summed E-state index contributed by atoms with van der Waals surface area (Å²) < 4.78 is 0. The number of nitrogens with zero attached hydrogens (tertiary/aromatic N) is 1. The molecule has 1 amide bonds. The number of amides is 1. The molecule has 16 heavy (non-hydrogen) atoms. The molecule has 2 nitrogen and oxygen atoms in total. The lowest BCUT2D eigenvalue weighted by Gasteiger charge is -2.22. The van der Waals surface area contributed by atoms with Crippen molar-refractivity contribution in [1.29, 1.82) is 0 Å². The third-order valence-corrected chi connectivity index (χ3v) is 3.69. The van der Waals surface area contributed by atoms with E-state index in [2.05, 4.69) is 0 Å². The smallest absolute Gasteiger partial charge is 0.237 e. The molecular formula is C11H9Cl2NOS. The highest BCUT2D eigenvalue weighted by Gasteiger charge is 2.17. The summed E-state index contributed by atoms with van der Waals surface area (Å²) >= 11 is 13.6. The molecule has 5 heteroatoms. The molecule has 0 saturated carbocycles. The van der Waals surface area contributed by atoms with Crippen LogP contribution in [0.25, 0.3) is 0 Å². The van der Waals surface area contributed by atoms with Crippen molar-refractivity contribution in [1.82, 2.24) is 4.90 Å². The predicted octanol–water partition coefficient (Wildman–Crippen LogP) is 3.54. The third-order valence-electron chi connectivity index (χ3n) is 2.25. The van der Waals surface area contributed by atoms with E-state index in [0.717, 1.165) is 5.56 Å². The Kier molecular flexibility index (Phi) is 3.79. The first-order valence-corrected chi connectivity index (χ1v) is 6.49. The van der Waals surface area contributed by atoms with E-state index >= 15 is 0 Å². The maximum atomic E-state index is 11.6. The molecule has 0 bridgehead atoms. The molecule has 0 saturated heterocycles.